The summed E-state index contributed by atoms with van der Waals surface area (Å²) >= 11 is 5.94. The molecule has 18 heavy (non-hydrogen) atoms. The zero-order valence-corrected chi connectivity index (χ0v) is 10.3. The smallest absolute Gasteiger partial charge is 0.339 e. The number of carbonyl (C=O) groups excluding carboxylic acids is 2. The molecule has 0 atom stereocenters. The van der Waals surface area contributed by atoms with Crippen LogP contribution < -0.4 is 0 Å². The Balaban J connectivity index is 2.33. The summed E-state index contributed by atoms with van der Waals surface area (Å²) < 4.78 is 4.56. The van der Waals surface area contributed by atoms with Gasteiger partial charge in [0.15, 0.2) is 0 Å². The van der Waals surface area contributed by atoms with E-state index in [4.69, 9.17) is 11.6 Å². The van der Waals surface area contributed by atoms with Crippen molar-refractivity contribution in [2.75, 3.05) is 7.11 Å². The molecule has 0 bridgehead atoms. The van der Waals surface area contributed by atoms with Gasteiger partial charge in [-0.1, -0.05) is 23.7 Å². The van der Waals surface area contributed by atoms with E-state index in [0.717, 1.165) is 0 Å². The third kappa shape index (κ3) is 2.28. The maximum atomic E-state index is 12.1. The van der Waals surface area contributed by atoms with Crippen LogP contribution in [0.5, 0.6) is 0 Å². The molecule has 2 aromatic rings. The Morgan fingerprint density at radius 3 is 2.67 bits per heavy atom. The van der Waals surface area contributed by atoms with Gasteiger partial charge in [-0.25, -0.2) is 4.79 Å². The molecule has 1 aromatic carbocycles. The number of hydrogen-bond acceptors (Lipinski definition) is 3. The fourth-order valence-electron chi connectivity index (χ4n) is 1.55. The molecule has 0 aliphatic rings. The summed E-state index contributed by atoms with van der Waals surface area (Å²) in [7, 11) is 1.28. The van der Waals surface area contributed by atoms with Gasteiger partial charge in [-0.2, -0.15) is 0 Å². The quantitative estimate of drug-likeness (QED) is 0.684. The first-order valence-electron chi connectivity index (χ1n) is 5.19. The van der Waals surface area contributed by atoms with Crippen molar-refractivity contribution in [3.8, 4) is 0 Å². The number of rotatable bonds is 3. The van der Waals surface area contributed by atoms with E-state index >= 15 is 0 Å². The highest BCUT2D eigenvalue weighted by Gasteiger charge is 2.16. The molecule has 0 spiro atoms. The molecule has 0 fully saturated rings. The van der Waals surface area contributed by atoms with Gasteiger partial charge >= 0.3 is 5.97 Å². The molecule has 1 N–H and O–H groups in total. The summed E-state index contributed by atoms with van der Waals surface area (Å²) in [5, 5.41) is 0.372. The van der Waals surface area contributed by atoms with E-state index in [1.54, 1.807) is 24.3 Å². The van der Waals surface area contributed by atoms with E-state index in [1.807, 2.05) is 0 Å². The largest absolute Gasteiger partial charge is 0.465 e. The number of carbonyl (C=O) groups is 2. The summed E-state index contributed by atoms with van der Waals surface area (Å²) in [6.45, 7) is 0. The molecule has 2 rings (SSSR count). The number of halogens is 1. The Labute approximate surface area is 109 Å². The summed E-state index contributed by atoms with van der Waals surface area (Å²) in [6, 6.07) is 8.18. The fraction of sp³-hybridized carbons (Fsp3) is 0.0769. The molecule has 0 aliphatic carbocycles. The summed E-state index contributed by atoms with van der Waals surface area (Å²) in [6.07, 6.45) is 1.43. The van der Waals surface area contributed by atoms with E-state index in [0.29, 0.717) is 21.8 Å². The second-order valence-corrected chi connectivity index (χ2v) is 4.01. The molecule has 0 aliphatic heterocycles. The van der Waals surface area contributed by atoms with Gasteiger partial charge in [-0.3, -0.25) is 4.79 Å². The molecule has 4 nitrogen and oxygen atoms in total. The lowest BCUT2D eigenvalue weighted by molar-refractivity contribution is 0.0601. The van der Waals surface area contributed by atoms with Crippen molar-refractivity contribution in [1.82, 2.24) is 4.98 Å². The highest BCUT2D eigenvalue weighted by Crippen LogP contribution is 2.19. The van der Waals surface area contributed by atoms with E-state index in [1.165, 1.54) is 19.4 Å². The molecule has 0 unspecified atom stereocenters. The molecular formula is C13H10ClNO3. The number of hydrogen-bond donors (Lipinski definition) is 1. The van der Waals surface area contributed by atoms with Crippen LogP contribution in [0.1, 0.15) is 26.4 Å². The lowest BCUT2D eigenvalue weighted by atomic mass is 10.1. The van der Waals surface area contributed by atoms with Crippen molar-refractivity contribution < 1.29 is 14.3 Å². The number of aromatic amines is 1. The second kappa shape index (κ2) is 5.06. The number of benzene rings is 1. The van der Waals surface area contributed by atoms with E-state index in [-0.39, 0.29) is 5.78 Å². The SMILES string of the molecule is COC(=O)c1c[nH]c(C(=O)c2ccccc2Cl)c1. The Morgan fingerprint density at radius 1 is 1.28 bits per heavy atom. The van der Waals surface area contributed by atoms with Crippen molar-refractivity contribution in [2.45, 2.75) is 0 Å². The molecule has 1 heterocycles. The molecule has 92 valence electrons. The first-order chi connectivity index (χ1) is 8.63. The molecular weight excluding hydrogens is 254 g/mol. The zero-order valence-electron chi connectivity index (χ0n) is 9.57. The van der Waals surface area contributed by atoms with Crippen molar-refractivity contribution >= 4 is 23.4 Å². The Bertz CT molecular complexity index is 604. The monoisotopic (exact) mass is 263 g/mol. The minimum atomic E-state index is -0.496. The van der Waals surface area contributed by atoms with Gasteiger partial charge in [0.1, 0.15) is 0 Å². The van der Waals surface area contributed by atoms with Crippen LogP contribution in [0.3, 0.4) is 0 Å². The standard InChI is InChI=1S/C13H10ClNO3/c1-18-13(17)8-6-11(15-7-8)12(16)9-4-2-3-5-10(9)14/h2-7,15H,1H3. The van der Waals surface area contributed by atoms with Gasteiger partial charge in [0.2, 0.25) is 5.78 Å². The number of methoxy groups -OCH3 is 1. The first kappa shape index (κ1) is 12.4. The lowest BCUT2D eigenvalue weighted by Crippen LogP contribution is -2.02. The maximum Gasteiger partial charge on any atom is 0.339 e. The van der Waals surface area contributed by atoms with Crippen LogP contribution in [-0.4, -0.2) is 23.8 Å². The number of esters is 1. The number of aromatic nitrogens is 1. The van der Waals surface area contributed by atoms with Gasteiger partial charge in [0.25, 0.3) is 0 Å². The predicted octanol–water partition coefficient (Wildman–Crippen LogP) is 2.69. The normalized spacial score (nSPS) is 10.1. The van der Waals surface area contributed by atoms with Crippen molar-refractivity contribution in [3.05, 3.63) is 58.4 Å². The van der Waals surface area contributed by atoms with E-state index < -0.39 is 5.97 Å². The minimum Gasteiger partial charge on any atom is -0.465 e. The fourth-order valence-corrected chi connectivity index (χ4v) is 1.77. The number of H-pyrrole nitrogens is 1. The van der Waals surface area contributed by atoms with Crippen molar-refractivity contribution in [1.29, 1.82) is 0 Å². The van der Waals surface area contributed by atoms with Crippen LogP contribution in [0.2, 0.25) is 5.02 Å². The van der Waals surface area contributed by atoms with Crippen LogP contribution in [0.25, 0.3) is 0 Å². The predicted molar refractivity (Wildman–Crippen MR) is 67.0 cm³/mol. The highest BCUT2D eigenvalue weighted by atomic mass is 35.5. The Kier molecular flexibility index (Phi) is 3.48. The molecule has 0 saturated carbocycles. The van der Waals surface area contributed by atoms with Gasteiger partial charge in [-0.15, -0.1) is 0 Å². The lowest BCUT2D eigenvalue weighted by Gasteiger charge is -2.00. The Hall–Kier alpha value is -2.07. The minimum absolute atomic E-state index is 0.268. The van der Waals surface area contributed by atoms with E-state index in [2.05, 4.69) is 9.72 Å². The third-order valence-electron chi connectivity index (χ3n) is 2.47. The van der Waals surface area contributed by atoms with Crippen LogP contribution >= 0.6 is 11.6 Å². The molecule has 1 aromatic heterocycles. The van der Waals surface area contributed by atoms with Crippen LogP contribution in [0.4, 0.5) is 0 Å². The number of ketones is 1. The molecule has 0 radical (unpaired) electrons. The Morgan fingerprint density at radius 2 is 2.00 bits per heavy atom. The maximum absolute atomic E-state index is 12.1. The van der Waals surface area contributed by atoms with Crippen molar-refractivity contribution in [2.24, 2.45) is 0 Å². The van der Waals surface area contributed by atoms with Crippen molar-refractivity contribution in [3.63, 3.8) is 0 Å². The topological polar surface area (TPSA) is 59.2 Å². The summed E-state index contributed by atoms with van der Waals surface area (Å²) in [5.74, 6) is -0.764. The van der Waals surface area contributed by atoms with Crippen LogP contribution in [0.15, 0.2) is 36.5 Å². The van der Waals surface area contributed by atoms with Crippen LogP contribution in [0, 0.1) is 0 Å². The third-order valence-corrected chi connectivity index (χ3v) is 2.80. The summed E-state index contributed by atoms with van der Waals surface area (Å²) in [4.78, 5) is 26.1. The van der Waals surface area contributed by atoms with Gasteiger partial charge in [0, 0.05) is 11.8 Å². The first-order valence-corrected chi connectivity index (χ1v) is 5.57. The van der Waals surface area contributed by atoms with Crippen LogP contribution in [-0.2, 0) is 4.74 Å². The molecule has 5 heteroatoms. The number of ether oxygens (including phenoxy) is 1. The highest BCUT2D eigenvalue weighted by molar-refractivity contribution is 6.34. The molecule has 0 amide bonds. The van der Waals surface area contributed by atoms with E-state index in [9.17, 15) is 9.59 Å². The molecule has 0 saturated heterocycles. The average Bonchev–Trinajstić information content (AvgIpc) is 2.87. The van der Waals surface area contributed by atoms with Gasteiger partial charge in [0.05, 0.1) is 23.4 Å². The van der Waals surface area contributed by atoms with Gasteiger partial charge in [-0.05, 0) is 18.2 Å². The van der Waals surface area contributed by atoms with Gasteiger partial charge < -0.3 is 9.72 Å². The summed E-state index contributed by atoms with van der Waals surface area (Å²) in [5.41, 5.74) is 0.980. The zero-order chi connectivity index (χ0) is 13.1. The average molecular weight is 264 g/mol. The number of nitrogens with one attached hydrogen (secondary N) is 1. The second-order valence-electron chi connectivity index (χ2n) is 3.60.